The molecule has 136 valence electrons. The highest BCUT2D eigenvalue weighted by molar-refractivity contribution is 7.90. The Morgan fingerprint density at radius 1 is 0.926 bits per heavy atom. The fraction of sp³-hybridized carbons (Fsp3) is 0.0952. The van der Waals surface area contributed by atoms with Crippen LogP contribution in [0.5, 0.6) is 0 Å². The van der Waals surface area contributed by atoms with Gasteiger partial charge in [-0.05, 0) is 42.8 Å². The fourth-order valence-corrected chi connectivity index (χ4v) is 3.67. The molecule has 1 N–H and O–H groups in total. The Morgan fingerprint density at radius 2 is 1.63 bits per heavy atom. The average molecular weight is 377 g/mol. The number of hydrogen-bond acceptors (Lipinski definition) is 4. The van der Waals surface area contributed by atoms with Crippen LogP contribution in [0.4, 0.5) is 11.5 Å². The number of benzene rings is 2. The van der Waals surface area contributed by atoms with Crippen molar-refractivity contribution in [3.8, 4) is 11.3 Å². The predicted octanol–water partition coefficient (Wildman–Crippen LogP) is 4.46. The first-order valence-corrected chi connectivity index (χ1v) is 10.4. The third-order valence-electron chi connectivity index (χ3n) is 4.44. The number of rotatable bonds is 4. The summed E-state index contributed by atoms with van der Waals surface area (Å²) in [5.41, 5.74) is 4.50. The first-order valence-electron chi connectivity index (χ1n) is 8.54. The van der Waals surface area contributed by atoms with E-state index in [1.165, 1.54) is 6.26 Å². The summed E-state index contributed by atoms with van der Waals surface area (Å²) in [4.78, 5) is 5.12. The van der Waals surface area contributed by atoms with E-state index < -0.39 is 9.84 Å². The van der Waals surface area contributed by atoms with E-state index in [1.807, 2.05) is 60.0 Å². The molecule has 0 aliphatic rings. The van der Waals surface area contributed by atoms with Gasteiger partial charge in [0.1, 0.15) is 17.2 Å². The van der Waals surface area contributed by atoms with Crippen molar-refractivity contribution in [2.75, 3.05) is 11.6 Å². The summed E-state index contributed by atoms with van der Waals surface area (Å²) >= 11 is 0. The number of para-hydroxylation sites is 1. The van der Waals surface area contributed by atoms with Crippen molar-refractivity contribution in [1.82, 2.24) is 9.38 Å². The van der Waals surface area contributed by atoms with Crippen LogP contribution in [-0.2, 0) is 9.84 Å². The molecule has 0 unspecified atom stereocenters. The largest absolute Gasteiger partial charge is 0.339 e. The smallest absolute Gasteiger partial charge is 0.175 e. The number of fused-ring (bicyclic) bond motifs is 1. The minimum atomic E-state index is -3.23. The molecule has 0 atom stereocenters. The Morgan fingerprint density at radius 3 is 2.30 bits per heavy atom. The van der Waals surface area contributed by atoms with Gasteiger partial charge in [0, 0.05) is 23.7 Å². The zero-order valence-electron chi connectivity index (χ0n) is 15.0. The fourth-order valence-electron chi connectivity index (χ4n) is 3.04. The summed E-state index contributed by atoms with van der Waals surface area (Å²) in [5.74, 6) is 0.840. The molecule has 0 saturated carbocycles. The molecule has 5 nitrogen and oxygen atoms in total. The summed E-state index contributed by atoms with van der Waals surface area (Å²) < 4.78 is 25.5. The molecule has 27 heavy (non-hydrogen) atoms. The van der Waals surface area contributed by atoms with Crippen molar-refractivity contribution < 1.29 is 8.42 Å². The highest BCUT2D eigenvalue weighted by atomic mass is 32.2. The Hall–Kier alpha value is -3.12. The lowest BCUT2D eigenvalue weighted by Crippen LogP contribution is -1.98. The van der Waals surface area contributed by atoms with Crippen LogP contribution in [0.3, 0.4) is 0 Å². The van der Waals surface area contributed by atoms with Gasteiger partial charge in [0.25, 0.3) is 0 Å². The number of nitrogens with zero attached hydrogens (tertiary/aromatic N) is 2. The Labute approximate surface area is 158 Å². The van der Waals surface area contributed by atoms with Crippen LogP contribution >= 0.6 is 0 Å². The maximum Gasteiger partial charge on any atom is 0.175 e. The van der Waals surface area contributed by atoms with E-state index in [1.54, 1.807) is 24.3 Å². The van der Waals surface area contributed by atoms with Gasteiger partial charge in [-0.15, -0.1) is 0 Å². The molecule has 0 radical (unpaired) electrons. The minimum Gasteiger partial charge on any atom is -0.339 e. The lowest BCUT2D eigenvalue weighted by atomic mass is 10.1. The number of hydrogen-bond donors (Lipinski definition) is 1. The second-order valence-electron chi connectivity index (χ2n) is 6.48. The summed E-state index contributed by atoms with van der Waals surface area (Å²) in [6.07, 6.45) is 3.17. The number of aromatic nitrogens is 2. The number of pyridine rings is 1. The molecule has 0 amide bonds. The molecule has 2 heterocycles. The van der Waals surface area contributed by atoms with Gasteiger partial charge in [-0.2, -0.15) is 0 Å². The first kappa shape index (κ1) is 17.3. The van der Waals surface area contributed by atoms with Crippen molar-refractivity contribution in [2.45, 2.75) is 11.8 Å². The monoisotopic (exact) mass is 377 g/mol. The topological polar surface area (TPSA) is 63.5 Å². The van der Waals surface area contributed by atoms with Crippen molar-refractivity contribution in [3.05, 3.63) is 78.5 Å². The second-order valence-corrected chi connectivity index (χ2v) is 8.50. The SMILES string of the molecule is Cc1cccn2c(Nc3ccccc3)c(-c3ccc(S(C)(=O)=O)cc3)nc12. The Bertz CT molecular complexity index is 1210. The Balaban J connectivity index is 1.89. The number of imidazole rings is 1. The summed E-state index contributed by atoms with van der Waals surface area (Å²) in [6.45, 7) is 2.02. The van der Waals surface area contributed by atoms with E-state index in [2.05, 4.69) is 5.32 Å². The molecule has 0 saturated heterocycles. The minimum absolute atomic E-state index is 0.295. The predicted molar refractivity (Wildman–Crippen MR) is 108 cm³/mol. The molecular formula is C21H19N3O2S. The van der Waals surface area contributed by atoms with Gasteiger partial charge in [-0.25, -0.2) is 13.4 Å². The maximum atomic E-state index is 11.7. The van der Waals surface area contributed by atoms with Crippen molar-refractivity contribution in [2.24, 2.45) is 0 Å². The van der Waals surface area contributed by atoms with Crippen LogP contribution in [0.15, 0.2) is 77.8 Å². The Kier molecular flexibility index (Phi) is 4.20. The summed E-state index contributed by atoms with van der Waals surface area (Å²) in [7, 11) is -3.23. The number of aryl methyl sites for hydroxylation is 1. The van der Waals surface area contributed by atoms with Crippen molar-refractivity contribution in [3.63, 3.8) is 0 Å². The van der Waals surface area contributed by atoms with Gasteiger partial charge < -0.3 is 5.32 Å². The number of anilines is 2. The van der Waals surface area contributed by atoms with Crippen LogP contribution in [0.2, 0.25) is 0 Å². The zero-order valence-corrected chi connectivity index (χ0v) is 15.9. The lowest BCUT2D eigenvalue weighted by Gasteiger charge is -2.09. The molecule has 4 aromatic rings. The molecule has 6 heteroatoms. The highest BCUT2D eigenvalue weighted by Crippen LogP contribution is 2.32. The molecule has 0 fully saturated rings. The number of sulfone groups is 1. The van der Waals surface area contributed by atoms with E-state index in [-0.39, 0.29) is 0 Å². The normalized spacial score (nSPS) is 11.6. The number of nitrogens with one attached hydrogen (secondary N) is 1. The van der Waals surface area contributed by atoms with Gasteiger partial charge >= 0.3 is 0 Å². The molecule has 0 aliphatic carbocycles. The molecule has 4 rings (SSSR count). The first-order chi connectivity index (χ1) is 12.9. The molecular weight excluding hydrogens is 358 g/mol. The van der Waals surface area contributed by atoms with E-state index >= 15 is 0 Å². The average Bonchev–Trinajstić information content (AvgIpc) is 3.02. The third kappa shape index (κ3) is 3.31. The molecule has 0 spiro atoms. The van der Waals surface area contributed by atoms with Crippen LogP contribution in [0.25, 0.3) is 16.9 Å². The standard InChI is InChI=1S/C21H19N3O2S/c1-15-7-6-14-24-20(15)23-19(21(24)22-17-8-4-3-5-9-17)16-10-12-18(13-11-16)27(2,25)26/h3-14,22H,1-2H3. The third-order valence-corrected chi connectivity index (χ3v) is 5.57. The summed E-state index contributed by atoms with van der Waals surface area (Å²) in [5, 5.41) is 3.45. The van der Waals surface area contributed by atoms with Crippen molar-refractivity contribution in [1.29, 1.82) is 0 Å². The lowest BCUT2D eigenvalue weighted by molar-refractivity contribution is 0.602. The van der Waals surface area contributed by atoms with E-state index in [9.17, 15) is 8.42 Å². The maximum absolute atomic E-state index is 11.7. The molecule has 0 aliphatic heterocycles. The van der Waals surface area contributed by atoms with Gasteiger partial charge in [-0.1, -0.05) is 36.4 Å². The van der Waals surface area contributed by atoms with E-state index in [0.717, 1.165) is 34.0 Å². The highest BCUT2D eigenvalue weighted by Gasteiger charge is 2.16. The van der Waals surface area contributed by atoms with Crippen LogP contribution in [0, 0.1) is 6.92 Å². The van der Waals surface area contributed by atoms with E-state index in [0.29, 0.717) is 4.90 Å². The summed E-state index contributed by atoms with van der Waals surface area (Å²) in [6, 6.07) is 20.7. The van der Waals surface area contributed by atoms with Gasteiger partial charge in [-0.3, -0.25) is 4.40 Å². The quantitative estimate of drug-likeness (QED) is 0.570. The zero-order chi connectivity index (χ0) is 19.0. The van der Waals surface area contributed by atoms with Gasteiger partial charge in [0.15, 0.2) is 9.84 Å². The molecule has 2 aromatic heterocycles. The molecule has 0 bridgehead atoms. The van der Waals surface area contributed by atoms with Gasteiger partial charge in [0.05, 0.1) is 4.90 Å². The van der Waals surface area contributed by atoms with Gasteiger partial charge in [0.2, 0.25) is 0 Å². The van der Waals surface area contributed by atoms with Crippen molar-refractivity contribution >= 4 is 27.0 Å². The second kappa shape index (κ2) is 6.55. The van der Waals surface area contributed by atoms with Crippen LogP contribution < -0.4 is 5.32 Å². The molecule has 2 aromatic carbocycles. The van der Waals surface area contributed by atoms with E-state index in [4.69, 9.17) is 4.98 Å². The van der Waals surface area contributed by atoms with Crippen LogP contribution in [0.1, 0.15) is 5.56 Å². The van der Waals surface area contributed by atoms with Crippen LogP contribution in [-0.4, -0.2) is 24.1 Å².